The maximum atomic E-state index is 11.7. The quantitative estimate of drug-likeness (QED) is 0.790. The summed E-state index contributed by atoms with van der Waals surface area (Å²) in [5.74, 6) is 0.515. The summed E-state index contributed by atoms with van der Waals surface area (Å²) in [5, 5.41) is 10.4. The zero-order chi connectivity index (χ0) is 12.0. The highest BCUT2D eigenvalue weighted by molar-refractivity contribution is 5.32. The normalized spacial score (nSPS) is 11.5. The van der Waals surface area contributed by atoms with Gasteiger partial charge in [0.2, 0.25) is 0 Å². The summed E-state index contributed by atoms with van der Waals surface area (Å²) in [5.41, 5.74) is 0.777. The smallest absolute Gasteiger partial charge is 0.370 e. The molecule has 0 saturated carbocycles. The van der Waals surface area contributed by atoms with E-state index < -0.39 is 12.8 Å². The first-order valence-electron chi connectivity index (χ1n) is 4.66. The van der Waals surface area contributed by atoms with Gasteiger partial charge in [0, 0.05) is 6.54 Å². The van der Waals surface area contributed by atoms with Gasteiger partial charge in [0.05, 0.1) is 12.3 Å². The molecule has 16 heavy (non-hydrogen) atoms. The Balaban J connectivity index is 2.14. The summed E-state index contributed by atoms with van der Waals surface area (Å²) in [6, 6.07) is 3.46. The average molecular weight is 235 g/mol. The van der Waals surface area contributed by atoms with E-state index in [4.69, 9.17) is 0 Å². The Morgan fingerprint density at radius 2 is 2.06 bits per heavy atom. The lowest BCUT2D eigenvalue weighted by molar-refractivity contribution is -0.172. The zero-order valence-electron chi connectivity index (χ0n) is 8.71. The number of alkyl halides is 3. The van der Waals surface area contributed by atoms with Gasteiger partial charge in [-0.1, -0.05) is 0 Å². The largest absolute Gasteiger partial charge is 0.411 e. The predicted molar refractivity (Wildman–Crippen MR) is 52.1 cm³/mol. The van der Waals surface area contributed by atoms with Gasteiger partial charge in [-0.05, 0) is 19.1 Å². The van der Waals surface area contributed by atoms with Crippen molar-refractivity contribution in [2.24, 2.45) is 0 Å². The molecule has 1 rings (SSSR count). The van der Waals surface area contributed by atoms with Crippen LogP contribution in [0.25, 0.3) is 0 Å². The highest BCUT2D eigenvalue weighted by atomic mass is 19.4. The van der Waals surface area contributed by atoms with E-state index in [1.54, 1.807) is 19.1 Å². The first kappa shape index (κ1) is 12.7. The standard InChI is InChI=1S/C9H12F3N3O/c1-7-2-3-8(15-14-7)13-4-5-16-6-9(10,11)12/h2-3H,4-6H2,1H3,(H,13,15). The third kappa shape index (κ3) is 5.50. The second-order valence-corrected chi connectivity index (χ2v) is 3.15. The van der Waals surface area contributed by atoms with Gasteiger partial charge in [-0.3, -0.25) is 0 Å². The molecule has 0 unspecified atom stereocenters. The van der Waals surface area contributed by atoms with E-state index in [1.807, 2.05) is 0 Å². The third-order valence-corrected chi connectivity index (χ3v) is 1.62. The van der Waals surface area contributed by atoms with E-state index in [-0.39, 0.29) is 13.2 Å². The van der Waals surface area contributed by atoms with Crippen LogP contribution in [-0.2, 0) is 4.74 Å². The summed E-state index contributed by atoms with van der Waals surface area (Å²) >= 11 is 0. The number of anilines is 1. The second kappa shape index (κ2) is 5.64. The molecule has 0 amide bonds. The van der Waals surface area contributed by atoms with Crippen molar-refractivity contribution in [1.82, 2.24) is 10.2 Å². The molecular weight excluding hydrogens is 223 g/mol. The van der Waals surface area contributed by atoms with Gasteiger partial charge < -0.3 is 10.1 Å². The lowest BCUT2D eigenvalue weighted by Gasteiger charge is -2.08. The second-order valence-electron chi connectivity index (χ2n) is 3.15. The Labute approximate surface area is 90.8 Å². The summed E-state index contributed by atoms with van der Waals surface area (Å²) in [7, 11) is 0. The van der Waals surface area contributed by atoms with Crippen molar-refractivity contribution in [3.05, 3.63) is 17.8 Å². The van der Waals surface area contributed by atoms with Crippen molar-refractivity contribution in [2.75, 3.05) is 25.1 Å². The zero-order valence-corrected chi connectivity index (χ0v) is 8.71. The van der Waals surface area contributed by atoms with Crippen molar-refractivity contribution in [3.8, 4) is 0 Å². The molecular formula is C9H12F3N3O. The molecule has 1 aromatic rings. The molecule has 0 atom stereocenters. The van der Waals surface area contributed by atoms with Crippen LogP contribution in [0.3, 0.4) is 0 Å². The number of aromatic nitrogens is 2. The fourth-order valence-electron chi connectivity index (χ4n) is 0.932. The Kier molecular flexibility index (Phi) is 4.48. The predicted octanol–water partition coefficient (Wildman–Crippen LogP) is 1.78. The lowest BCUT2D eigenvalue weighted by atomic mass is 10.4. The summed E-state index contributed by atoms with van der Waals surface area (Å²) in [6.07, 6.45) is -4.27. The van der Waals surface area contributed by atoms with Gasteiger partial charge in [0.1, 0.15) is 12.4 Å². The van der Waals surface area contributed by atoms with Gasteiger partial charge >= 0.3 is 6.18 Å². The Morgan fingerprint density at radius 3 is 2.62 bits per heavy atom. The number of nitrogens with one attached hydrogen (secondary N) is 1. The number of hydrogen-bond acceptors (Lipinski definition) is 4. The van der Waals surface area contributed by atoms with Crippen LogP contribution in [0.5, 0.6) is 0 Å². The van der Waals surface area contributed by atoms with Crippen molar-refractivity contribution in [2.45, 2.75) is 13.1 Å². The summed E-state index contributed by atoms with van der Waals surface area (Å²) in [4.78, 5) is 0. The highest BCUT2D eigenvalue weighted by Crippen LogP contribution is 2.14. The van der Waals surface area contributed by atoms with Crippen molar-refractivity contribution in [3.63, 3.8) is 0 Å². The average Bonchev–Trinajstić information content (AvgIpc) is 2.19. The molecule has 90 valence electrons. The first-order valence-corrected chi connectivity index (χ1v) is 4.66. The molecule has 0 aliphatic heterocycles. The Hall–Kier alpha value is -1.37. The van der Waals surface area contributed by atoms with Crippen molar-refractivity contribution < 1.29 is 17.9 Å². The first-order chi connectivity index (χ1) is 7.47. The number of rotatable bonds is 5. The molecule has 0 radical (unpaired) electrons. The lowest BCUT2D eigenvalue weighted by Crippen LogP contribution is -2.20. The van der Waals surface area contributed by atoms with Gasteiger partial charge in [0.15, 0.2) is 0 Å². The highest BCUT2D eigenvalue weighted by Gasteiger charge is 2.27. The minimum absolute atomic E-state index is 0.0327. The minimum atomic E-state index is -4.27. The maximum absolute atomic E-state index is 11.7. The van der Waals surface area contributed by atoms with Gasteiger partial charge in [-0.2, -0.15) is 18.3 Å². The van der Waals surface area contributed by atoms with Gasteiger partial charge in [-0.15, -0.1) is 5.10 Å². The maximum Gasteiger partial charge on any atom is 0.411 e. The van der Waals surface area contributed by atoms with Crippen LogP contribution in [-0.4, -0.2) is 36.1 Å². The molecule has 4 nitrogen and oxygen atoms in total. The molecule has 7 heteroatoms. The number of hydrogen-bond donors (Lipinski definition) is 1. The van der Waals surface area contributed by atoms with Crippen LogP contribution in [0.2, 0.25) is 0 Å². The molecule has 1 heterocycles. The van der Waals surface area contributed by atoms with Gasteiger partial charge in [-0.25, -0.2) is 0 Å². The number of halogens is 3. The molecule has 1 N–H and O–H groups in total. The molecule has 0 aliphatic carbocycles. The molecule has 0 aromatic carbocycles. The Bertz CT molecular complexity index is 313. The van der Waals surface area contributed by atoms with E-state index in [0.717, 1.165) is 5.69 Å². The van der Waals surface area contributed by atoms with E-state index in [2.05, 4.69) is 20.3 Å². The SMILES string of the molecule is Cc1ccc(NCCOCC(F)(F)F)nn1. The molecule has 0 fully saturated rings. The minimum Gasteiger partial charge on any atom is -0.370 e. The monoisotopic (exact) mass is 235 g/mol. The van der Waals surface area contributed by atoms with Crippen LogP contribution >= 0.6 is 0 Å². The molecule has 0 spiro atoms. The molecule has 0 aliphatic rings. The van der Waals surface area contributed by atoms with Crippen LogP contribution in [0.15, 0.2) is 12.1 Å². The summed E-state index contributed by atoms with van der Waals surface area (Å²) in [6.45, 7) is 0.792. The van der Waals surface area contributed by atoms with Crippen molar-refractivity contribution in [1.29, 1.82) is 0 Å². The van der Waals surface area contributed by atoms with Crippen LogP contribution in [0.1, 0.15) is 5.69 Å². The van der Waals surface area contributed by atoms with Crippen LogP contribution in [0.4, 0.5) is 19.0 Å². The number of ether oxygens (including phenoxy) is 1. The number of nitrogens with zero attached hydrogens (tertiary/aromatic N) is 2. The topological polar surface area (TPSA) is 47.0 Å². The van der Waals surface area contributed by atoms with E-state index in [1.165, 1.54) is 0 Å². The molecule has 0 saturated heterocycles. The number of aryl methyl sites for hydroxylation is 1. The Morgan fingerprint density at radius 1 is 1.31 bits per heavy atom. The van der Waals surface area contributed by atoms with E-state index >= 15 is 0 Å². The van der Waals surface area contributed by atoms with Crippen LogP contribution < -0.4 is 5.32 Å². The third-order valence-electron chi connectivity index (χ3n) is 1.62. The fourth-order valence-corrected chi connectivity index (χ4v) is 0.932. The van der Waals surface area contributed by atoms with Gasteiger partial charge in [0.25, 0.3) is 0 Å². The van der Waals surface area contributed by atoms with Crippen molar-refractivity contribution >= 4 is 5.82 Å². The molecule has 1 aromatic heterocycles. The van der Waals surface area contributed by atoms with E-state index in [0.29, 0.717) is 5.82 Å². The fraction of sp³-hybridized carbons (Fsp3) is 0.556. The van der Waals surface area contributed by atoms with Crippen LogP contribution in [0, 0.1) is 6.92 Å². The molecule has 0 bridgehead atoms. The van der Waals surface area contributed by atoms with E-state index in [9.17, 15) is 13.2 Å². The summed E-state index contributed by atoms with van der Waals surface area (Å²) < 4.78 is 39.5.